The average Bonchev–Trinajstić information content (AvgIpc) is 2.66. The fourth-order valence-corrected chi connectivity index (χ4v) is 2.47. The Balaban J connectivity index is 0.000000292. The quantitative estimate of drug-likeness (QED) is 0.563. The van der Waals surface area contributed by atoms with Crippen molar-refractivity contribution in [3.63, 3.8) is 0 Å². The van der Waals surface area contributed by atoms with Crippen LogP contribution in [0.2, 0.25) is 0 Å². The van der Waals surface area contributed by atoms with Crippen molar-refractivity contribution in [2.45, 2.75) is 26.2 Å². The van der Waals surface area contributed by atoms with Gasteiger partial charge in [-0.2, -0.15) is 0 Å². The first-order valence-corrected chi connectivity index (χ1v) is 8.34. The van der Waals surface area contributed by atoms with Gasteiger partial charge >= 0.3 is 23.9 Å². The third-order valence-electron chi connectivity index (χ3n) is 3.81. The number of rotatable bonds is 7. The van der Waals surface area contributed by atoms with Crippen LogP contribution in [0.3, 0.4) is 0 Å². The van der Waals surface area contributed by atoms with Crippen LogP contribution in [-0.2, 0) is 6.42 Å². The molecule has 8 nitrogen and oxygen atoms in total. The Hall–Kier alpha value is -3.68. The molecule has 0 heterocycles. The summed E-state index contributed by atoms with van der Waals surface area (Å²) in [7, 11) is 0. The van der Waals surface area contributed by atoms with Crippen LogP contribution in [0.4, 0.5) is 0 Å². The highest BCUT2D eigenvalue weighted by Crippen LogP contribution is 2.18. The first-order chi connectivity index (χ1) is 13.2. The lowest BCUT2D eigenvalue weighted by atomic mass is 9.96. The SMILES string of the molecule is CCCCc1c(C(=O)O)cccc1C(=O)O.O=C(O)c1ccccc1C(=O)O. The molecule has 0 unspecified atom stereocenters. The van der Waals surface area contributed by atoms with Gasteiger partial charge in [0.1, 0.15) is 0 Å². The Morgan fingerprint density at radius 1 is 0.643 bits per heavy atom. The Labute approximate surface area is 160 Å². The largest absolute Gasteiger partial charge is 0.478 e. The molecule has 0 atom stereocenters. The summed E-state index contributed by atoms with van der Waals surface area (Å²) in [6, 6.07) is 9.82. The number of hydrogen-bond donors (Lipinski definition) is 4. The molecule has 0 amide bonds. The molecule has 28 heavy (non-hydrogen) atoms. The highest BCUT2D eigenvalue weighted by Gasteiger charge is 2.17. The highest BCUT2D eigenvalue weighted by molar-refractivity contribution is 6.01. The Morgan fingerprint density at radius 3 is 1.32 bits per heavy atom. The first-order valence-electron chi connectivity index (χ1n) is 8.34. The predicted octanol–water partition coefficient (Wildman–Crippen LogP) is 3.51. The van der Waals surface area contributed by atoms with Crippen molar-refractivity contribution in [3.05, 3.63) is 70.3 Å². The fourth-order valence-electron chi connectivity index (χ4n) is 2.47. The molecule has 0 aliphatic rings. The van der Waals surface area contributed by atoms with E-state index in [1.54, 1.807) is 0 Å². The van der Waals surface area contributed by atoms with Gasteiger partial charge in [-0.25, -0.2) is 19.2 Å². The van der Waals surface area contributed by atoms with Gasteiger partial charge in [0.15, 0.2) is 0 Å². The first kappa shape index (κ1) is 22.4. The normalized spacial score (nSPS) is 9.75. The Bertz CT molecular complexity index is 820. The number of unbranched alkanes of at least 4 members (excludes halogenated alkanes) is 1. The summed E-state index contributed by atoms with van der Waals surface area (Å²) in [5, 5.41) is 35.1. The maximum atomic E-state index is 11.0. The van der Waals surface area contributed by atoms with E-state index in [9.17, 15) is 19.2 Å². The summed E-state index contributed by atoms with van der Waals surface area (Å²) in [6.45, 7) is 1.98. The van der Waals surface area contributed by atoms with Gasteiger partial charge in [-0.15, -0.1) is 0 Å². The van der Waals surface area contributed by atoms with Gasteiger partial charge in [-0.05, 0) is 42.7 Å². The van der Waals surface area contributed by atoms with E-state index in [4.69, 9.17) is 20.4 Å². The lowest BCUT2D eigenvalue weighted by Crippen LogP contribution is -2.09. The molecule has 2 aromatic rings. The molecular weight excluding hydrogens is 368 g/mol. The van der Waals surface area contributed by atoms with E-state index in [0.717, 1.165) is 12.8 Å². The number of carbonyl (C=O) groups is 4. The van der Waals surface area contributed by atoms with Crippen molar-refractivity contribution in [1.82, 2.24) is 0 Å². The number of aromatic carboxylic acids is 4. The van der Waals surface area contributed by atoms with Crippen molar-refractivity contribution >= 4 is 23.9 Å². The minimum atomic E-state index is -1.23. The minimum absolute atomic E-state index is 0.0911. The maximum Gasteiger partial charge on any atom is 0.336 e. The zero-order valence-electron chi connectivity index (χ0n) is 15.1. The standard InChI is InChI=1S/C12H14O4.C8H6O4/c1-2-3-5-8-9(11(13)14)6-4-7-10(8)12(15)16;9-7(10)5-3-1-2-4-6(5)8(11)12/h4,6-7H,2-3,5H2,1H3,(H,13,14)(H,15,16);1-4H,(H,9,10)(H,11,12). The van der Waals surface area contributed by atoms with Gasteiger partial charge < -0.3 is 20.4 Å². The number of benzene rings is 2. The topological polar surface area (TPSA) is 149 Å². The van der Waals surface area contributed by atoms with E-state index in [-0.39, 0.29) is 22.3 Å². The van der Waals surface area contributed by atoms with Crippen LogP contribution in [0.1, 0.15) is 66.8 Å². The van der Waals surface area contributed by atoms with Gasteiger partial charge in [-0.3, -0.25) is 0 Å². The molecule has 2 rings (SSSR count). The van der Waals surface area contributed by atoms with Crippen LogP contribution in [0, 0.1) is 0 Å². The molecular formula is C20H20O8. The van der Waals surface area contributed by atoms with Crippen LogP contribution >= 0.6 is 0 Å². The van der Waals surface area contributed by atoms with Crippen LogP contribution in [-0.4, -0.2) is 44.3 Å². The molecule has 0 saturated carbocycles. The molecule has 0 aliphatic carbocycles. The Morgan fingerprint density at radius 2 is 1.00 bits per heavy atom. The van der Waals surface area contributed by atoms with E-state index in [0.29, 0.717) is 12.0 Å². The molecule has 0 saturated heterocycles. The summed E-state index contributed by atoms with van der Waals surface area (Å²) in [4.78, 5) is 42.9. The van der Waals surface area contributed by atoms with E-state index < -0.39 is 23.9 Å². The third kappa shape index (κ3) is 5.94. The Kier molecular flexibility index (Phi) is 8.36. The van der Waals surface area contributed by atoms with Gasteiger partial charge in [0.25, 0.3) is 0 Å². The second-order valence-electron chi connectivity index (χ2n) is 5.70. The van der Waals surface area contributed by atoms with Gasteiger partial charge in [-0.1, -0.05) is 31.5 Å². The van der Waals surface area contributed by atoms with Gasteiger partial charge in [0, 0.05) is 0 Å². The molecule has 0 aromatic heterocycles. The van der Waals surface area contributed by atoms with Crippen LogP contribution in [0.15, 0.2) is 42.5 Å². The molecule has 4 N–H and O–H groups in total. The third-order valence-corrected chi connectivity index (χ3v) is 3.81. The van der Waals surface area contributed by atoms with Crippen molar-refractivity contribution in [1.29, 1.82) is 0 Å². The van der Waals surface area contributed by atoms with Gasteiger partial charge in [0.2, 0.25) is 0 Å². The zero-order valence-corrected chi connectivity index (χ0v) is 15.1. The lowest BCUT2D eigenvalue weighted by molar-refractivity contribution is 0.0651. The number of carboxylic acid groups (broad SMARTS) is 4. The smallest absolute Gasteiger partial charge is 0.336 e. The fraction of sp³-hybridized carbons (Fsp3) is 0.200. The number of carboxylic acids is 4. The van der Waals surface area contributed by atoms with Crippen LogP contribution in [0.25, 0.3) is 0 Å². The lowest BCUT2D eigenvalue weighted by Gasteiger charge is -2.08. The predicted molar refractivity (Wildman–Crippen MR) is 99.3 cm³/mol. The molecule has 0 radical (unpaired) electrons. The van der Waals surface area contributed by atoms with E-state index in [1.165, 1.54) is 42.5 Å². The summed E-state index contributed by atoms with van der Waals surface area (Å²) < 4.78 is 0. The maximum absolute atomic E-state index is 11.0. The summed E-state index contributed by atoms with van der Waals surface area (Å²) in [5.74, 6) is -4.61. The van der Waals surface area contributed by atoms with E-state index >= 15 is 0 Å². The van der Waals surface area contributed by atoms with Crippen LogP contribution in [0.5, 0.6) is 0 Å². The van der Waals surface area contributed by atoms with Gasteiger partial charge in [0.05, 0.1) is 22.3 Å². The summed E-state index contributed by atoms with van der Waals surface area (Å²) in [6.07, 6.45) is 2.16. The van der Waals surface area contributed by atoms with Crippen molar-refractivity contribution < 1.29 is 39.6 Å². The van der Waals surface area contributed by atoms with Crippen LogP contribution < -0.4 is 0 Å². The second kappa shape index (κ2) is 10.5. The molecule has 0 aliphatic heterocycles. The highest BCUT2D eigenvalue weighted by atomic mass is 16.4. The number of hydrogen-bond acceptors (Lipinski definition) is 4. The van der Waals surface area contributed by atoms with E-state index in [2.05, 4.69) is 0 Å². The zero-order chi connectivity index (χ0) is 21.3. The molecule has 0 bridgehead atoms. The molecule has 8 heteroatoms. The molecule has 2 aromatic carbocycles. The van der Waals surface area contributed by atoms with Crippen molar-refractivity contribution in [3.8, 4) is 0 Å². The van der Waals surface area contributed by atoms with Crippen molar-refractivity contribution in [2.24, 2.45) is 0 Å². The minimum Gasteiger partial charge on any atom is -0.478 e. The average molecular weight is 388 g/mol. The molecule has 148 valence electrons. The van der Waals surface area contributed by atoms with E-state index in [1.807, 2.05) is 6.92 Å². The summed E-state index contributed by atoms with van der Waals surface area (Å²) >= 11 is 0. The summed E-state index contributed by atoms with van der Waals surface area (Å²) in [5.41, 5.74) is 0.223. The molecule has 0 fully saturated rings. The second-order valence-corrected chi connectivity index (χ2v) is 5.70. The molecule has 0 spiro atoms. The monoisotopic (exact) mass is 388 g/mol. The van der Waals surface area contributed by atoms with Crippen molar-refractivity contribution in [2.75, 3.05) is 0 Å².